The lowest BCUT2D eigenvalue weighted by Gasteiger charge is -2.47. The molecule has 238 valence electrons. The number of ether oxygens (including phenoxy) is 1. The average molecular weight is 662 g/mol. The third-order valence-electron chi connectivity index (χ3n) is 10.1. The van der Waals surface area contributed by atoms with Crippen molar-refractivity contribution in [3.63, 3.8) is 0 Å². The number of carbonyl (C=O) groups is 1. The first kappa shape index (κ1) is 29.6. The van der Waals surface area contributed by atoms with E-state index in [-0.39, 0.29) is 52.7 Å². The minimum Gasteiger partial charge on any atom is -0.466 e. The molecule has 0 radical (unpaired) electrons. The molecular weight excluding hydrogens is 629 g/mol. The topological polar surface area (TPSA) is 109 Å². The van der Waals surface area contributed by atoms with Crippen molar-refractivity contribution in [1.82, 2.24) is 23.5 Å². The van der Waals surface area contributed by atoms with Crippen LogP contribution in [-0.2, 0) is 19.6 Å². The normalized spacial score (nSPS) is 23.0. The highest BCUT2D eigenvalue weighted by Crippen LogP contribution is 2.53. The van der Waals surface area contributed by atoms with E-state index in [1.54, 1.807) is 37.3 Å². The van der Waals surface area contributed by atoms with E-state index < -0.39 is 21.8 Å². The predicted octanol–water partition coefficient (Wildman–Crippen LogP) is 7.20. The average Bonchev–Trinajstić information content (AvgIpc) is 3.75. The van der Waals surface area contributed by atoms with Gasteiger partial charge in [-0.1, -0.05) is 29.3 Å². The zero-order valence-electron chi connectivity index (χ0n) is 25.5. The largest absolute Gasteiger partial charge is 0.466 e. The van der Waals surface area contributed by atoms with Crippen LogP contribution in [0.2, 0.25) is 5.02 Å². The number of esters is 1. The van der Waals surface area contributed by atoms with Gasteiger partial charge in [0.2, 0.25) is 0 Å². The van der Waals surface area contributed by atoms with Crippen molar-refractivity contribution >= 4 is 49.7 Å². The standard InChI is InChI=1S/C34H33ClFN5O4S/c1-3-45-34(42)27-19-6-10-21(11-7-19)30(27)40-17-26(36)28-29(20-8-9-20)38-31(39-33(28)40)25-16-41(32-24(25)14-22(35)15-37-32)46(43,44)23-12-4-18(2)5-13-23/h4-5,12-17,19-21,27,30H,3,6-11H2,1-2H3/t19?,21?,27-,30-/m1/s1. The van der Waals surface area contributed by atoms with Crippen molar-refractivity contribution in [2.45, 2.75) is 69.2 Å². The van der Waals surface area contributed by atoms with Crippen molar-refractivity contribution in [3.05, 3.63) is 71.0 Å². The molecule has 46 heavy (non-hydrogen) atoms. The second-order valence-corrected chi connectivity index (χ2v) is 15.2. The maximum atomic E-state index is 16.0. The summed E-state index contributed by atoms with van der Waals surface area (Å²) >= 11 is 6.40. The number of halogens is 2. The molecule has 4 saturated carbocycles. The molecule has 0 unspecified atom stereocenters. The quantitative estimate of drug-likeness (QED) is 0.170. The molecule has 0 N–H and O–H groups in total. The van der Waals surface area contributed by atoms with E-state index in [1.807, 2.05) is 11.5 Å². The van der Waals surface area contributed by atoms with Gasteiger partial charge in [0.1, 0.15) is 5.65 Å². The molecule has 0 saturated heterocycles. The van der Waals surface area contributed by atoms with Gasteiger partial charge in [-0.15, -0.1) is 0 Å². The molecule has 4 aromatic heterocycles. The van der Waals surface area contributed by atoms with Crippen LogP contribution in [0.3, 0.4) is 0 Å². The molecule has 12 heteroatoms. The Balaban J connectivity index is 1.35. The van der Waals surface area contributed by atoms with E-state index in [0.29, 0.717) is 32.7 Å². The number of rotatable bonds is 7. The number of aromatic nitrogens is 5. The molecule has 4 aliphatic rings. The van der Waals surface area contributed by atoms with E-state index in [4.69, 9.17) is 26.3 Å². The molecular formula is C34H33ClFN5O4S. The minimum absolute atomic E-state index is 0.0598. The maximum absolute atomic E-state index is 16.0. The van der Waals surface area contributed by atoms with Gasteiger partial charge in [0.05, 0.1) is 39.6 Å². The number of fused-ring (bicyclic) bond motifs is 5. The van der Waals surface area contributed by atoms with Crippen LogP contribution in [0.15, 0.2) is 53.8 Å². The molecule has 0 aliphatic heterocycles. The lowest BCUT2D eigenvalue weighted by Crippen LogP contribution is -2.45. The van der Waals surface area contributed by atoms with Crippen LogP contribution in [-0.4, -0.2) is 44.5 Å². The maximum Gasteiger partial charge on any atom is 0.311 e. The fourth-order valence-corrected chi connectivity index (χ4v) is 9.24. The highest BCUT2D eigenvalue weighted by Gasteiger charge is 2.49. The number of pyridine rings is 1. The van der Waals surface area contributed by atoms with Gasteiger partial charge in [0, 0.05) is 35.5 Å². The zero-order chi connectivity index (χ0) is 31.9. The molecule has 9 rings (SSSR count). The SMILES string of the molecule is CCOC(=O)[C@@H]1C2CCC(CC2)[C@H]1n1cc(F)c2c(C3CC3)nc(-c3cn(S(=O)(=O)c4ccc(C)cc4)c4ncc(Cl)cc34)nc21. The fraction of sp³-hybridized carbons (Fsp3) is 0.412. The van der Waals surface area contributed by atoms with Crippen molar-refractivity contribution in [2.24, 2.45) is 17.8 Å². The van der Waals surface area contributed by atoms with Gasteiger partial charge in [0.25, 0.3) is 10.0 Å². The van der Waals surface area contributed by atoms with Crippen molar-refractivity contribution in [1.29, 1.82) is 0 Å². The summed E-state index contributed by atoms with van der Waals surface area (Å²) in [5.74, 6) is -0.389. The molecule has 1 aromatic carbocycles. The van der Waals surface area contributed by atoms with E-state index >= 15 is 4.39 Å². The Morgan fingerprint density at radius 3 is 2.43 bits per heavy atom. The highest BCUT2D eigenvalue weighted by atomic mass is 35.5. The summed E-state index contributed by atoms with van der Waals surface area (Å²) in [6.07, 6.45) is 9.90. The van der Waals surface area contributed by atoms with Crippen LogP contribution in [0.5, 0.6) is 0 Å². The van der Waals surface area contributed by atoms with Gasteiger partial charge in [-0.25, -0.2) is 31.7 Å². The van der Waals surface area contributed by atoms with Crippen LogP contribution >= 0.6 is 11.6 Å². The van der Waals surface area contributed by atoms with Gasteiger partial charge in [-0.05, 0) is 82.4 Å². The second-order valence-electron chi connectivity index (χ2n) is 12.9. The van der Waals surface area contributed by atoms with Crippen molar-refractivity contribution in [3.8, 4) is 11.4 Å². The molecule has 0 amide bonds. The van der Waals surface area contributed by atoms with Crippen LogP contribution in [0, 0.1) is 30.5 Å². The Hall–Kier alpha value is -3.83. The summed E-state index contributed by atoms with van der Waals surface area (Å²) in [4.78, 5) is 27.8. The van der Waals surface area contributed by atoms with E-state index in [0.717, 1.165) is 48.1 Å². The monoisotopic (exact) mass is 661 g/mol. The summed E-state index contributed by atoms with van der Waals surface area (Å²) in [6.45, 7) is 3.97. The summed E-state index contributed by atoms with van der Waals surface area (Å²) < 4.78 is 52.4. The Kier molecular flexibility index (Phi) is 6.99. The number of nitrogens with zero attached hydrogens (tertiary/aromatic N) is 5. The molecule has 2 bridgehead atoms. The fourth-order valence-electron chi connectivity index (χ4n) is 7.76. The van der Waals surface area contributed by atoms with Crippen molar-refractivity contribution < 1.29 is 22.3 Å². The third kappa shape index (κ3) is 4.65. The van der Waals surface area contributed by atoms with Crippen LogP contribution in [0.25, 0.3) is 33.5 Å². The number of hydrogen-bond acceptors (Lipinski definition) is 7. The summed E-state index contributed by atoms with van der Waals surface area (Å²) in [5, 5.41) is 1.15. The predicted molar refractivity (Wildman–Crippen MR) is 172 cm³/mol. The van der Waals surface area contributed by atoms with Crippen LogP contribution < -0.4 is 0 Å². The first-order valence-corrected chi connectivity index (χ1v) is 17.7. The Labute approximate surface area is 270 Å². The van der Waals surface area contributed by atoms with E-state index in [2.05, 4.69) is 4.98 Å². The van der Waals surface area contributed by atoms with E-state index in [9.17, 15) is 13.2 Å². The minimum atomic E-state index is -4.05. The lowest BCUT2D eigenvalue weighted by atomic mass is 9.61. The Morgan fingerprint density at radius 2 is 1.74 bits per heavy atom. The van der Waals surface area contributed by atoms with Gasteiger partial charge in [-0.3, -0.25) is 4.79 Å². The van der Waals surface area contributed by atoms with Gasteiger partial charge < -0.3 is 9.30 Å². The Bertz CT molecular complexity index is 2130. The molecule has 4 heterocycles. The third-order valence-corrected chi connectivity index (χ3v) is 11.9. The van der Waals surface area contributed by atoms with Crippen LogP contribution in [0.1, 0.15) is 68.7 Å². The highest BCUT2D eigenvalue weighted by molar-refractivity contribution is 7.90. The zero-order valence-corrected chi connectivity index (χ0v) is 27.1. The number of hydrogen-bond donors (Lipinski definition) is 0. The van der Waals surface area contributed by atoms with Gasteiger partial charge in [0.15, 0.2) is 17.3 Å². The summed E-state index contributed by atoms with van der Waals surface area (Å²) in [5.41, 5.74) is 2.55. The first-order chi connectivity index (χ1) is 22.2. The van der Waals surface area contributed by atoms with Gasteiger partial charge >= 0.3 is 5.97 Å². The smallest absolute Gasteiger partial charge is 0.311 e. The number of carbonyl (C=O) groups excluding carboxylic acids is 1. The summed E-state index contributed by atoms with van der Waals surface area (Å²) in [7, 11) is -4.05. The summed E-state index contributed by atoms with van der Waals surface area (Å²) in [6, 6.07) is 7.97. The molecule has 2 atom stereocenters. The van der Waals surface area contributed by atoms with Crippen LogP contribution in [0.4, 0.5) is 4.39 Å². The molecule has 4 aliphatic carbocycles. The Morgan fingerprint density at radius 1 is 1.02 bits per heavy atom. The molecule has 0 spiro atoms. The second kappa shape index (κ2) is 10.9. The number of benzene rings is 1. The first-order valence-electron chi connectivity index (χ1n) is 15.9. The lowest BCUT2D eigenvalue weighted by molar-refractivity contribution is -0.157. The van der Waals surface area contributed by atoms with Gasteiger partial charge in [-0.2, -0.15) is 0 Å². The molecule has 4 fully saturated rings. The number of aryl methyl sites for hydroxylation is 1. The molecule has 9 nitrogen and oxygen atoms in total. The molecule has 5 aromatic rings. The van der Waals surface area contributed by atoms with E-state index in [1.165, 1.54) is 18.6 Å². The van der Waals surface area contributed by atoms with Crippen molar-refractivity contribution in [2.75, 3.05) is 6.61 Å².